The fourth-order valence-corrected chi connectivity index (χ4v) is 2.01. The van der Waals surface area contributed by atoms with Crippen LogP contribution in [0.15, 0.2) is 17.6 Å². The lowest BCUT2D eigenvalue weighted by molar-refractivity contribution is 0.346. The molecule has 1 atom stereocenters. The Morgan fingerprint density at radius 2 is 2.04 bits per heavy atom. The van der Waals surface area contributed by atoms with E-state index in [1.807, 2.05) is 24.6 Å². The Morgan fingerprint density at radius 1 is 1.38 bits per heavy atom. The average molecular weight is 448 g/mol. The number of halogens is 1. The minimum absolute atomic E-state index is 0. The zero-order valence-electron chi connectivity index (χ0n) is 15.9. The van der Waals surface area contributed by atoms with Gasteiger partial charge in [0.05, 0.1) is 0 Å². The molecule has 24 heavy (non-hydrogen) atoms. The van der Waals surface area contributed by atoms with E-state index in [0.29, 0.717) is 24.5 Å². The highest BCUT2D eigenvalue weighted by molar-refractivity contribution is 14.0. The van der Waals surface area contributed by atoms with E-state index >= 15 is 0 Å². The first kappa shape index (κ1) is 22.9. The summed E-state index contributed by atoms with van der Waals surface area (Å²) >= 11 is 0. The van der Waals surface area contributed by atoms with Gasteiger partial charge in [0, 0.05) is 19.6 Å². The fraction of sp³-hybridized carbons (Fsp3) is 0.706. The molecular weight excluding hydrogens is 415 g/mol. The van der Waals surface area contributed by atoms with Gasteiger partial charge in [-0.05, 0) is 32.1 Å². The molecule has 0 aromatic carbocycles. The summed E-state index contributed by atoms with van der Waals surface area (Å²) in [6, 6.07) is 0.353. The lowest BCUT2D eigenvalue weighted by atomic mass is 9.89. The SMILES string of the molecule is C=CCNC(=NCc1nnc(C)n1C)NC(C)CCC(C)(C)C.I. The normalized spacial score (nSPS) is 13.2. The van der Waals surface area contributed by atoms with Crippen LogP contribution in [-0.4, -0.2) is 33.3 Å². The summed E-state index contributed by atoms with van der Waals surface area (Å²) in [5.74, 6) is 2.53. The smallest absolute Gasteiger partial charge is 0.192 e. The van der Waals surface area contributed by atoms with Crippen molar-refractivity contribution in [2.45, 2.75) is 60.0 Å². The maximum Gasteiger partial charge on any atom is 0.192 e. The number of aryl methyl sites for hydroxylation is 1. The van der Waals surface area contributed by atoms with Gasteiger partial charge in [-0.15, -0.1) is 40.8 Å². The molecule has 1 unspecified atom stereocenters. The van der Waals surface area contributed by atoms with Crippen molar-refractivity contribution in [3.8, 4) is 0 Å². The monoisotopic (exact) mass is 448 g/mol. The summed E-state index contributed by atoms with van der Waals surface area (Å²) in [5.41, 5.74) is 0.345. The van der Waals surface area contributed by atoms with Crippen molar-refractivity contribution in [1.29, 1.82) is 0 Å². The number of guanidine groups is 1. The molecule has 0 fully saturated rings. The molecule has 0 saturated heterocycles. The third kappa shape index (κ3) is 8.65. The number of nitrogens with one attached hydrogen (secondary N) is 2. The molecule has 0 aliphatic carbocycles. The second-order valence-electron chi connectivity index (χ2n) is 7.20. The Morgan fingerprint density at radius 3 is 2.54 bits per heavy atom. The predicted molar refractivity (Wildman–Crippen MR) is 112 cm³/mol. The van der Waals surface area contributed by atoms with Crippen LogP contribution in [0.5, 0.6) is 0 Å². The van der Waals surface area contributed by atoms with Gasteiger partial charge in [-0.1, -0.05) is 26.8 Å². The molecule has 0 spiro atoms. The number of rotatable bonds is 7. The molecular formula is C17H33IN6. The largest absolute Gasteiger partial charge is 0.354 e. The van der Waals surface area contributed by atoms with Crippen LogP contribution in [-0.2, 0) is 13.6 Å². The molecule has 0 aliphatic heterocycles. The molecule has 0 radical (unpaired) electrons. The third-order valence-electron chi connectivity index (χ3n) is 3.69. The van der Waals surface area contributed by atoms with Crippen LogP contribution >= 0.6 is 24.0 Å². The number of aromatic nitrogens is 3. The first-order valence-corrected chi connectivity index (χ1v) is 8.23. The predicted octanol–water partition coefficient (Wildman–Crippen LogP) is 3.18. The van der Waals surface area contributed by atoms with Gasteiger partial charge in [0.2, 0.25) is 0 Å². The highest BCUT2D eigenvalue weighted by Gasteiger charge is 2.13. The van der Waals surface area contributed by atoms with Crippen molar-refractivity contribution >= 4 is 29.9 Å². The van der Waals surface area contributed by atoms with Crippen molar-refractivity contribution in [3.05, 3.63) is 24.3 Å². The lowest BCUT2D eigenvalue weighted by Gasteiger charge is -2.23. The average Bonchev–Trinajstić information content (AvgIpc) is 2.79. The fourth-order valence-electron chi connectivity index (χ4n) is 2.01. The number of nitrogens with zero attached hydrogens (tertiary/aromatic N) is 4. The van der Waals surface area contributed by atoms with Crippen molar-refractivity contribution in [1.82, 2.24) is 25.4 Å². The van der Waals surface area contributed by atoms with E-state index in [1.54, 1.807) is 0 Å². The summed E-state index contributed by atoms with van der Waals surface area (Å²) in [7, 11) is 1.95. The highest BCUT2D eigenvalue weighted by Crippen LogP contribution is 2.21. The molecule has 1 aromatic heterocycles. The lowest BCUT2D eigenvalue weighted by Crippen LogP contribution is -2.42. The van der Waals surface area contributed by atoms with Gasteiger partial charge in [0.15, 0.2) is 11.8 Å². The summed E-state index contributed by atoms with van der Waals surface area (Å²) in [6.45, 7) is 15.8. The van der Waals surface area contributed by atoms with Crippen molar-refractivity contribution < 1.29 is 0 Å². The van der Waals surface area contributed by atoms with Gasteiger partial charge in [0.1, 0.15) is 12.4 Å². The molecule has 1 aromatic rings. The van der Waals surface area contributed by atoms with Crippen LogP contribution in [0, 0.1) is 12.3 Å². The van der Waals surface area contributed by atoms with Gasteiger partial charge in [-0.2, -0.15) is 0 Å². The second-order valence-corrected chi connectivity index (χ2v) is 7.20. The number of hydrogen-bond acceptors (Lipinski definition) is 3. The van der Waals surface area contributed by atoms with E-state index in [2.05, 4.69) is 60.1 Å². The van der Waals surface area contributed by atoms with Crippen molar-refractivity contribution in [3.63, 3.8) is 0 Å². The Kier molecular flexibility index (Phi) is 10.2. The van der Waals surface area contributed by atoms with Crippen LogP contribution in [0.3, 0.4) is 0 Å². The molecule has 0 amide bonds. The quantitative estimate of drug-likeness (QED) is 0.291. The Bertz CT molecular complexity index is 530. The molecule has 138 valence electrons. The summed E-state index contributed by atoms with van der Waals surface area (Å²) < 4.78 is 1.96. The molecule has 1 rings (SSSR count). The third-order valence-corrected chi connectivity index (χ3v) is 3.69. The Labute approximate surface area is 163 Å². The summed E-state index contributed by atoms with van der Waals surface area (Å²) in [5, 5.41) is 14.9. The minimum Gasteiger partial charge on any atom is -0.354 e. The Balaban J connectivity index is 0.00000529. The maximum absolute atomic E-state index is 4.61. The first-order chi connectivity index (χ1) is 10.7. The maximum atomic E-state index is 4.61. The number of aliphatic imine (C=N–C) groups is 1. The molecule has 0 saturated carbocycles. The molecule has 1 heterocycles. The number of hydrogen-bond donors (Lipinski definition) is 2. The standard InChI is InChI=1S/C17H32N6.HI/c1-8-11-18-16(20-13(2)9-10-17(4,5)6)19-12-15-22-21-14(3)23(15)7;/h8,13H,1,9-12H2,2-7H3,(H2,18,19,20);1H. The van der Waals surface area contributed by atoms with Crippen LogP contribution in [0.2, 0.25) is 0 Å². The van der Waals surface area contributed by atoms with Crippen molar-refractivity contribution in [2.24, 2.45) is 17.5 Å². The van der Waals surface area contributed by atoms with Crippen LogP contribution in [0.1, 0.15) is 52.2 Å². The van der Waals surface area contributed by atoms with Gasteiger partial charge >= 0.3 is 0 Å². The molecule has 0 aliphatic rings. The zero-order chi connectivity index (χ0) is 17.5. The first-order valence-electron chi connectivity index (χ1n) is 8.23. The zero-order valence-corrected chi connectivity index (χ0v) is 18.2. The topological polar surface area (TPSA) is 67.1 Å². The van der Waals surface area contributed by atoms with E-state index in [9.17, 15) is 0 Å². The van der Waals surface area contributed by atoms with Crippen LogP contribution in [0.25, 0.3) is 0 Å². The second kappa shape index (κ2) is 10.7. The van der Waals surface area contributed by atoms with E-state index in [1.165, 1.54) is 6.42 Å². The van der Waals surface area contributed by atoms with E-state index in [0.717, 1.165) is 24.0 Å². The molecule has 6 nitrogen and oxygen atoms in total. The Hall–Kier alpha value is -1.12. The van der Waals surface area contributed by atoms with Gasteiger partial charge in [-0.25, -0.2) is 4.99 Å². The van der Waals surface area contributed by atoms with Crippen LogP contribution < -0.4 is 10.6 Å². The van der Waals surface area contributed by atoms with Gasteiger partial charge in [-0.3, -0.25) is 0 Å². The molecule has 2 N–H and O–H groups in total. The van der Waals surface area contributed by atoms with Gasteiger partial charge < -0.3 is 15.2 Å². The van der Waals surface area contributed by atoms with E-state index in [-0.39, 0.29) is 24.0 Å². The highest BCUT2D eigenvalue weighted by atomic mass is 127. The minimum atomic E-state index is 0. The van der Waals surface area contributed by atoms with Gasteiger partial charge in [0.25, 0.3) is 0 Å². The van der Waals surface area contributed by atoms with Crippen molar-refractivity contribution in [2.75, 3.05) is 6.54 Å². The molecule has 7 heteroatoms. The summed E-state index contributed by atoms with van der Waals surface area (Å²) in [6.07, 6.45) is 4.09. The van der Waals surface area contributed by atoms with Crippen LogP contribution in [0.4, 0.5) is 0 Å². The van der Waals surface area contributed by atoms with E-state index in [4.69, 9.17) is 0 Å². The summed E-state index contributed by atoms with van der Waals surface area (Å²) in [4.78, 5) is 4.61. The molecule has 0 bridgehead atoms. The van der Waals surface area contributed by atoms with E-state index < -0.39 is 0 Å².